The maximum atomic E-state index is 13.8. The van der Waals surface area contributed by atoms with Gasteiger partial charge in [0.25, 0.3) is 0 Å². The molecular weight excluding hydrogens is 488 g/mol. The van der Waals surface area contributed by atoms with Gasteiger partial charge in [0.2, 0.25) is 8.32 Å². The van der Waals surface area contributed by atoms with Gasteiger partial charge in [0.15, 0.2) is 29.6 Å². The summed E-state index contributed by atoms with van der Waals surface area (Å²) in [7, 11) is -0.819. The molecule has 5 rings (SSSR count). The zero-order valence-corrected chi connectivity index (χ0v) is 24.4. The summed E-state index contributed by atoms with van der Waals surface area (Å²) >= 11 is 0. The summed E-state index contributed by atoms with van der Waals surface area (Å²) in [5.74, 6) is -1.21. The van der Waals surface area contributed by atoms with Gasteiger partial charge in [0.1, 0.15) is 11.9 Å². The normalized spacial score (nSPS) is 36.5. The third-order valence-electron chi connectivity index (χ3n) is 9.97. The van der Waals surface area contributed by atoms with Crippen LogP contribution in [0.25, 0.3) is 0 Å². The monoisotopic (exact) mass is 530 g/mol. The van der Waals surface area contributed by atoms with Crippen LogP contribution < -0.4 is 4.74 Å². The number of carbonyl (C=O) groups excluding carboxylic acids is 2. The topological polar surface area (TPSA) is 94.6 Å². The molecule has 3 unspecified atom stereocenters. The minimum absolute atomic E-state index is 0.0142. The highest BCUT2D eigenvalue weighted by Gasteiger charge is 2.75. The molecular formula is C29H42O7Si. The maximum Gasteiger partial charge on any atom is 0.200 e. The molecule has 204 valence electrons. The first-order valence-electron chi connectivity index (χ1n) is 13.7. The number of methoxy groups -OCH3 is 1. The van der Waals surface area contributed by atoms with Crippen LogP contribution in [0.5, 0.6) is 5.75 Å². The molecule has 1 N–H and O–H groups in total. The van der Waals surface area contributed by atoms with E-state index < -0.39 is 31.4 Å². The van der Waals surface area contributed by atoms with E-state index in [2.05, 4.69) is 41.5 Å². The van der Waals surface area contributed by atoms with E-state index >= 15 is 0 Å². The third-order valence-corrected chi connectivity index (χ3v) is 16.1. The Balaban J connectivity index is 1.62. The standard InChI is InChI=1S/C29H42O7Si/c1-15(2)37(16(3)4,17(5)6)36-25-23-19(26(31)28(7)27(25)35-28)13-22(30)29(32)20(23)12-18-10-9-11-21(24(18)29)34-14-33-8/h9-11,15-17,19-20,23,25,27,32H,12-14H2,1-8H3/t19?,20?,23-,25-,27+,28-,29?/m1/s1. The van der Waals surface area contributed by atoms with Gasteiger partial charge in [-0.2, -0.15) is 0 Å². The molecule has 3 aliphatic carbocycles. The quantitative estimate of drug-likeness (QED) is 0.300. The molecule has 3 fully saturated rings. The molecule has 37 heavy (non-hydrogen) atoms. The van der Waals surface area contributed by atoms with Crippen molar-refractivity contribution in [3.63, 3.8) is 0 Å². The summed E-state index contributed by atoms with van der Waals surface area (Å²) in [5, 5.41) is 12.3. The zero-order chi connectivity index (χ0) is 27.1. The molecule has 1 aromatic rings. The minimum Gasteiger partial charge on any atom is -0.467 e. The van der Waals surface area contributed by atoms with Gasteiger partial charge in [0.05, 0.1) is 6.10 Å². The number of aliphatic hydroxyl groups is 1. The van der Waals surface area contributed by atoms with Crippen LogP contribution in [-0.2, 0) is 35.5 Å². The molecule has 0 bridgehead atoms. The summed E-state index contributed by atoms with van der Waals surface area (Å²) in [6.45, 7) is 15.3. The lowest BCUT2D eigenvalue weighted by Gasteiger charge is -2.52. The number of ether oxygens (including phenoxy) is 3. The molecule has 8 heteroatoms. The largest absolute Gasteiger partial charge is 0.467 e. The van der Waals surface area contributed by atoms with Crippen LogP contribution in [0.2, 0.25) is 16.6 Å². The number of hydrogen-bond acceptors (Lipinski definition) is 7. The Labute approximate surface area is 221 Å². The highest BCUT2D eigenvalue weighted by Crippen LogP contribution is 2.63. The average molecular weight is 531 g/mol. The Morgan fingerprint density at radius 1 is 1.08 bits per heavy atom. The molecule has 2 saturated carbocycles. The fourth-order valence-electron chi connectivity index (χ4n) is 8.41. The first-order chi connectivity index (χ1) is 17.3. The molecule has 0 spiro atoms. The van der Waals surface area contributed by atoms with E-state index in [1.807, 2.05) is 19.1 Å². The molecule has 1 saturated heterocycles. The van der Waals surface area contributed by atoms with E-state index in [1.54, 1.807) is 6.07 Å². The van der Waals surface area contributed by atoms with Crippen molar-refractivity contribution < 1.29 is 33.3 Å². The number of fused-ring (bicyclic) bond motifs is 6. The number of ketones is 2. The average Bonchev–Trinajstić information content (AvgIpc) is 3.43. The van der Waals surface area contributed by atoms with Gasteiger partial charge >= 0.3 is 0 Å². The van der Waals surface area contributed by atoms with Crippen molar-refractivity contribution in [2.45, 2.75) is 101 Å². The van der Waals surface area contributed by atoms with E-state index in [0.717, 1.165) is 5.56 Å². The molecule has 7 atom stereocenters. The molecule has 4 aliphatic rings. The zero-order valence-electron chi connectivity index (χ0n) is 23.4. The van der Waals surface area contributed by atoms with E-state index in [9.17, 15) is 14.7 Å². The molecule has 1 aliphatic heterocycles. The van der Waals surface area contributed by atoms with Crippen molar-refractivity contribution in [3.8, 4) is 5.75 Å². The van der Waals surface area contributed by atoms with Crippen molar-refractivity contribution in [1.29, 1.82) is 0 Å². The highest BCUT2D eigenvalue weighted by atomic mass is 28.4. The van der Waals surface area contributed by atoms with E-state index in [0.29, 0.717) is 34.4 Å². The van der Waals surface area contributed by atoms with E-state index in [-0.39, 0.29) is 42.9 Å². The van der Waals surface area contributed by atoms with Gasteiger partial charge in [-0.25, -0.2) is 0 Å². The van der Waals surface area contributed by atoms with Gasteiger partial charge in [0, 0.05) is 36.8 Å². The fraction of sp³-hybridized carbons (Fsp3) is 0.724. The molecule has 0 aromatic heterocycles. The second kappa shape index (κ2) is 8.98. The SMILES string of the molecule is COCOc1cccc2c1C1(O)C(=O)CC3C(=O)[C@@]4(C)O[C@H]4[C@H](O[Si](C(C)C)(C(C)C)C(C)C)[C@H]3C1C2. The smallest absolute Gasteiger partial charge is 0.200 e. The Kier molecular flexibility index (Phi) is 6.55. The van der Waals surface area contributed by atoms with Gasteiger partial charge < -0.3 is 23.7 Å². The van der Waals surface area contributed by atoms with E-state index in [1.165, 1.54) is 7.11 Å². The lowest BCUT2D eigenvalue weighted by molar-refractivity contribution is -0.170. The number of benzene rings is 1. The predicted octanol–water partition coefficient (Wildman–Crippen LogP) is 4.54. The number of carbonyl (C=O) groups is 2. The van der Waals surface area contributed by atoms with Gasteiger partial charge in [-0.3, -0.25) is 9.59 Å². The minimum atomic E-state index is -2.35. The maximum absolute atomic E-state index is 13.8. The van der Waals surface area contributed by atoms with Crippen molar-refractivity contribution in [2.75, 3.05) is 13.9 Å². The second-order valence-electron chi connectivity index (χ2n) is 12.6. The summed E-state index contributed by atoms with van der Waals surface area (Å²) in [6.07, 6.45) is -0.234. The van der Waals surface area contributed by atoms with Crippen LogP contribution in [0.3, 0.4) is 0 Å². The van der Waals surface area contributed by atoms with Crippen LogP contribution in [0.1, 0.15) is 66.0 Å². The summed E-state index contributed by atoms with van der Waals surface area (Å²) in [4.78, 5) is 27.5. The number of epoxide rings is 1. The van der Waals surface area contributed by atoms with Crippen molar-refractivity contribution in [2.24, 2.45) is 17.8 Å². The fourth-order valence-corrected chi connectivity index (χ4v) is 14.0. The summed E-state index contributed by atoms with van der Waals surface area (Å²) in [5.41, 5.74) is -0.177. The molecule has 7 nitrogen and oxygen atoms in total. The highest BCUT2D eigenvalue weighted by molar-refractivity contribution is 6.77. The first-order valence-corrected chi connectivity index (χ1v) is 15.9. The van der Waals surface area contributed by atoms with Gasteiger partial charge in [-0.1, -0.05) is 53.7 Å². The van der Waals surface area contributed by atoms with Crippen LogP contribution in [0.4, 0.5) is 0 Å². The molecule has 0 radical (unpaired) electrons. The Hall–Kier alpha value is -1.58. The molecule has 1 heterocycles. The lowest BCUT2D eigenvalue weighted by atomic mass is 9.56. The van der Waals surface area contributed by atoms with Gasteiger partial charge in [-0.15, -0.1) is 0 Å². The Bertz CT molecular complexity index is 1080. The van der Waals surface area contributed by atoms with Crippen molar-refractivity contribution >= 4 is 19.9 Å². The second-order valence-corrected chi connectivity index (χ2v) is 18.0. The van der Waals surface area contributed by atoms with Crippen molar-refractivity contribution in [1.82, 2.24) is 0 Å². The van der Waals surface area contributed by atoms with Crippen LogP contribution in [0.15, 0.2) is 18.2 Å². The Morgan fingerprint density at radius 3 is 2.32 bits per heavy atom. The number of hydrogen-bond donors (Lipinski definition) is 1. The number of rotatable bonds is 8. The van der Waals surface area contributed by atoms with Gasteiger partial charge in [-0.05, 0) is 41.6 Å². The predicted molar refractivity (Wildman–Crippen MR) is 141 cm³/mol. The van der Waals surface area contributed by atoms with E-state index in [4.69, 9.17) is 18.6 Å². The lowest BCUT2D eigenvalue weighted by Crippen LogP contribution is -2.64. The Morgan fingerprint density at radius 2 is 1.73 bits per heavy atom. The molecule has 1 aromatic carbocycles. The summed E-state index contributed by atoms with van der Waals surface area (Å²) < 4.78 is 24.4. The van der Waals surface area contributed by atoms with Crippen LogP contribution in [0, 0.1) is 17.8 Å². The first kappa shape index (κ1) is 27.0. The molecule has 0 amide bonds. The van der Waals surface area contributed by atoms with Crippen molar-refractivity contribution in [3.05, 3.63) is 29.3 Å². The third kappa shape index (κ3) is 3.59. The number of Topliss-reactive ketones (excluding diaryl/α,β-unsaturated/α-hetero) is 2. The van der Waals surface area contributed by atoms with Crippen LogP contribution >= 0.6 is 0 Å². The summed E-state index contributed by atoms with van der Waals surface area (Å²) in [6, 6.07) is 5.59. The van der Waals surface area contributed by atoms with Crippen LogP contribution in [-0.4, -0.2) is 56.7 Å².